The highest BCUT2D eigenvalue weighted by atomic mass is 32.1. The summed E-state index contributed by atoms with van der Waals surface area (Å²) in [6.07, 6.45) is 2.55. The number of hydrogen-bond donors (Lipinski definition) is 2. The Labute approximate surface area is 150 Å². The van der Waals surface area contributed by atoms with Crippen LogP contribution >= 0.6 is 11.3 Å². The monoisotopic (exact) mass is 355 g/mol. The van der Waals surface area contributed by atoms with Crippen LogP contribution < -0.4 is 4.74 Å². The van der Waals surface area contributed by atoms with Gasteiger partial charge in [0.05, 0.1) is 4.88 Å². The number of likely N-dealkylation sites (tertiary alicyclic amines) is 1. The van der Waals surface area contributed by atoms with Crippen molar-refractivity contribution < 1.29 is 14.9 Å². The number of hydrogen-bond acceptors (Lipinski definition) is 5. The van der Waals surface area contributed by atoms with Crippen LogP contribution in [0.1, 0.15) is 12.8 Å². The Hall–Kier alpha value is -2.24. The summed E-state index contributed by atoms with van der Waals surface area (Å²) >= 11 is 1.60. The summed E-state index contributed by atoms with van der Waals surface area (Å²) in [5.74, 6) is 1.37. The molecular weight excluding hydrogens is 334 g/mol. The molecule has 3 aromatic rings. The first-order chi connectivity index (χ1) is 12.2. The van der Waals surface area contributed by atoms with E-state index in [0.29, 0.717) is 6.61 Å². The van der Waals surface area contributed by atoms with Crippen molar-refractivity contribution in [3.63, 3.8) is 0 Å². The first-order valence-corrected chi connectivity index (χ1v) is 9.42. The zero-order valence-electron chi connectivity index (χ0n) is 13.9. The molecule has 25 heavy (non-hydrogen) atoms. The molecule has 1 aliphatic rings. The zero-order chi connectivity index (χ0) is 17.2. The topological polar surface area (TPSA) is 52.9 Å². The highest BCUT2D eigenvalue weighted by molar-refractivity contribution is 7.22. The van der Waals surface area contributed by atoms with Crippen molar-refractivity contribution >= 4 is 21.4 Å². The largest absolute Gasteiger partial charge is 0.508 e. The summed E-state index contributed by atoms with van der Waals surface area (Å²) in [6, 6.07) is 12.5. The first kappa shape index (κ1) is 16.2. The SMILES string of the molecule is Oc1ccc(-c2sc3cc(O)ccc3c2OCCN2CCCC2)cc1. The van der Waals surface area contributed by atoms with Crippen molar-refractivity contribution in [2.24, 2.45) is 0 Å². The van der Waals surface area contributed by atoms with E-state index in [0.717, 1.165) is 45.9 Å². The highest BCUT2D eigenvalue weighted by Gasteiger charge is 2.17. The van der Waals surface area contributed by atoms with Gasteiger partial charge in [0.1, 0.15) is 23.9 Å². The third kappa shape index (κ3) is 3.43. The molecule has 2 aromatic carbocycles. The van der Waals surface area contributed by atoms with E-state index < -0.39 is 0 Å². The molecule has 1 saturated heterocycles. The third-order valence-electron chi connectivity index (χ3n) is 4.61. The van der Waals surface area contributed by atoms with E-state index in [1.54, 1.807) is 35.6 Å². The van der Waals surface area contributed by atoms with Gasteiger partial charge in [0, 0.05) is 16.6 Å². The summed E-state index contributed by atoms with van der Waals surface area (Å²) in [7, 11) is 0. The number of thiophene rings is 1. The molecule has 4 rings (SSSR count). The van der Waals surface area contributed by atoms with Crippen LogP contribution in [0.5, 0.6) is 17.2 Å². The Bertz CT molecular complexity index is 867. The maximum Gasteiger partial charge on any atom is 0.145 e. The Morgan fingerprint density at radius 1 is 0.960 bits per heavy atom. The maximum absolute atomic E-state index is 9.78. The van der Waals surface area contributed by atoms with Gasteiger partial charge in [-0.2, -0.15) is 0 Å². The van der Waals surface area contributed by atoms with Gasteiger partial charge in [-0.1, -0.05) is 0 Å². The van der Waals surface area contributed by atoms with Crippen molar-refractivity contribution in [3.05, 3.63) is 42.5 Å². The van der Waals surface area contributed by atoms with Gasteiger partial charge in [-0.05, 0) is 74.0 Å². The van der Waals surface area contributed by atoms with Crippen LogP contribution in [0.25, 0.3) is 20.5 Å². The lowest BCUT2D eigenvalue weighted by Crippen LogP contribution is -2.25. The van der Waals surface area contributed by atoms with Gasteiger partial charge in [-0.25, -0.2) is 0 Å². The number of rotatable bonds is 5. The molecule has 0 unspecified atom stereocenters. The predicted octanol–water partition coefficient (Wildman–Crippen LogP) is 4.45. The van der Waals surface area contributed by atoms with Crippen molar-refractivity contribution in [1.82, 2.24) is 4.90 Å². The molecule has 0 atom stereocenters. The molecule has 1 aliphatic heterocycles. The minimum absolute atomic E-state index is 0.249. The molecule has 0 saturated carbocycles. The second-order valence-corrected chi connectivity index (χ2v) is 7.44. The number of phenols is 2. The second-order valence-electron chi connectivity index (χ2n) is 6.38. The average molecular weight is 355 g/mol. The minimum atomic E-state index is 0.249. The number of benzene rings is 2. The molecule has 0 spiro atoms. The summed E-state index contributed by atoms with van der Waals surface area (Å²) in [5.41, 5.74) is 1.01. The number of aromatic hydroxyl groups is 2. The maximum atomic E-state index is 9.78. The quantitative estimate of drug-likeness (QED) is 0.710. The van der Waals surface area contributed by atoms with Gasteiger partial charge < -0.3 is 14.9 Å². The number of fused-ring (bicyclic) bond motifs is 1. The molecule has 0 bridgehead atoms. The Balaban J connectivity index is 1.66. The van der Waals surface area contributed by atoms with Crippen LogP contribution in [-0.4, -0.2) is 41.4 Å². The number of phenolic OH excluding ortho intramolecular Hbond substituents is 2. The van der Waals surface area contributed by atoms with E-state index in [-0.39, 0.29) is 11.5 Å². The van der Waals surface area contributed by atoms with Gasteiger partial charge >= 0.3 is 0 Å². The van der Waals surface area contributed by atoms with Crippen molar-refractivity contribution in [2.45, 2.75) is 12.8 Å². The molecule has 2 heterocycles. The lowest BCUT2D eigenvalue weighted by Gasteiger charge is -2.15. The van der Waals surface area contributed by atoms with Crippen LogP contribution in [0.15, 0.2) is 42.5 Å². The summed E-state index contributed by atoms with van der Waals surface area (Å²) in [5, 5.41) is 20.3. The fourth-order valence-electron chi connectivity index (χ4n) is 3.29. The smallest absolute Gasteiger partial charge is 0.145 e. The molecule has 1 fully saturated rings. The van der Waals surface area contributed by atoms with Gasteiger partial charge in [-0.15, -0.1) is 11.3 Å². The fourth-order valence-corrected chi connectivity index (χ4v) is 4.48. The van der Waals surface area contributed by atoms with Gasteiger partial charge in [0.2, 0.25) is 0 Å². The highest BCUT2D eigenvalue weighted by Crippen LogP contribution is 2.45. The average Bonchev–Trinajstić information content (AvgIpc) is 3.23. The number of ether oxygens (including phenoxy) is 1. The molecule has 0 radical (unpaired) electrons. The van der Waals surface area contributed by atoms with Crippen molar-refractivity contribution in [3.8, 4) is 27.7 Å². The van der Waals surface area contributed by atoms with Crippen LogP contribution in [-0.2, 0) is 0 Å². The van der Waals surface area contributed by atoms with Gasteiger partial charge in [0.25, 0.3) is 0 Å². The van der Waals surface area contributed by atoms with Crippen LogP contribution in [0, 0.1) is 0 Å². The van der Waals surface area contributed by atoms with E-state index in [4.69, 9.17) is 4.74 Å². The zero-order valence-corrected chi connectivity index (χ0v) is 14.8. The molecule has 5 heteroatoms. The Kier molecular flexibility index (Phi) is 4.51. The van der Waals surface area contributed by atoms with E-state index in [9.17, 15) is 10.2 Å². The standard InChI is InChI=1S/C20H21NO3S/c22-15-5-3-14(4-6-15)20-19(24-12-11-21-9-1-2-10-21)17-8-7-16(23)13-18(17)25-20/h3-8,13,22-23H,1-2,9-12H2. The van der Waals surface area contributed by atoms with Crippen LogP contribution in [0.3, 0.4) is 0 Å². The molecule has 130 valence electrons. The van der Waals surface area contributed by atoms with Crippen LogP contribution in [0.2, 0.25) is 0 Å². The molecule has 0 amide bonds. The van der Waals surface area contributed by atoms with E-state index >= 15 is 0 Å². The summed E-state index contributed by atoms with van der Waals surface area (Å²) < 4.78 is 7.20. The summed E-state index contributed by atoms with van der Waals surface area (Å²) in [6.45, 7) is 3.90. The molecule has 1 aromatic heterocycles. The number of nitrogens with zero attached hydrogens (tertiary/aromatic N) is 1. The lowest BCUT2D eigenvalue weighted by atomic mass is 10.1. The first-order valence-electron chi connectivity index (χ1n) is 8.61. The van der Waals surface area contributed by atoms with E-state index in [1.807, 2.05) is 18.2 Å². The van der Waals surface area contributed by atoms with Crippen LogP contribution in [0.4, 0.5) is 0 Å². The predicted molar refractivity (Wildman–Crippen MR) is 102 cm³/mol. The van der Waals surface area contributed by atoms with Gasteiger partial charge in [-0.3, -0.25) is 4.90 Å². The van der Waals surface area contributed by atoms with E-state index in [1.165, 1.54) is 12.8 Å². The molecule has 2 N–H and O–H groups in total. The normalized spacial score (nSPS) is 15.0. The second kappa shape index (κ2) is 6.94. The molecule has 0 aliphatic carbocycles. The molecular formula is C20H21NO3S. The fraction of sp³-hybridized carbons (Fsp3) is 0.300. The van der Waals surface area contributed by atoms with Crippen molar-refractivity contribution in [1.29, 1.82) is 0 Å². The minimum Gasteiger partial charge on any atom is -0.508 e. The Morgan fingerprint density at radius 2 is 1.68 bits per heavy atom. The lowest BCUT2D eigenvalue weighted by molar-refractivity contribution is 0.240. The molecule has 4 nitrogen and oxygen atoms in total. The third-order valence-corrected chi connectivity index (χ3v) is 5.79. The van der Waals surface area contributed by atoms with Crippen molar-refractivity contribution in [2.75, 3.05) is 26.2 Å². The Morgan fingerprint density at radius 3 is 2.44 bits per heavy atom. The van der Waals surface area contributed by atoms with Gasteiger partial charge in [0.15, 0.2) is 0 Å². The summed E-state index contributed by atoms with van der Waals surface area (Å²) in [4.78, 5) is 3.46. The van der Waals surface area contributed by atoms with E-state index in [2.05, 4.69) is 4.90 Å².